The van der Waals surface area contributed by atoms with Crippen LogP contribution in [0.2, 0.25) is 0 Å². The summed E-state index contributed by atoms with van der Waals surface area (Å²) in [5.41, 5.74) is 5.02. The van der Waals surface area contributed by atoms with E-state index in [0.717, 1.165) is 0 Å². The van der Waals surface area contributed by atoms with Crippen LogP contribution in [0.1, 0.15) is 13.8 Å². The van der Waals surface area contributed by atoms with Crippen LogP contribution >= 0.6 is 0 Å². The molecule has 5 heteroatoms. The zero-order chi connectivity index (χ0) is 10.9. The minimum absolute atomic E-state index is 0.278. The van der Waals surface area contributed by atoms with Crippen molar-refractivity contribution in [3.63, 3.8) is 0 Å². The van der Waals surface area contributed by atoms with Gasteiger partial charge in [0.1, 0.15) is 0 Å². The number of carboxylic acids is 1. The summed E-state index contributed by atoms with van der Waals surface area (Å²) in [5.74, 6) is -1.28. The molecule has 76 valence electrons. The fourth-order valence-electron chi connectivity index (χ4n) is 0.254. The summed E-state index contributed by atoms with van der Waals surface area (Å²) in [4.78, 5) is 19.7. The third kappa shape index (κ3) is 13.6. The predicted molar refractivity (Wildman–Crippen MR) is 48.1 cm³/mol. The highest BCUT2D eigenvalue weighted by Crippen LogP contribution is 1.89. The molecule has 5 nitrogen and oxygen atoms in total. The largest absolute Gasteiger partial charge is 0.480 e. The van der Waals surface area contributed by atoms with Crippen molar-refractivity contribution in [1.29, 1.82) is 0 Å². The fourth-order valence-corrected chi connectivity index (χ4v) is 0.254. The molecule has 13 heavy (non-hydrogen) atoms. The van der Waals surface area contributed by atoms with Gasteiger partial charge in [0.2, 0.25) is 0 Å². The van der Waals surface area contributed by atoms with E-state index in [9.17, 15) is 9.59 Å². The van der Waals surface area contributed by atoms with E-state index in [1.54, 1.807) is 13.8 Å². The molecule has 0 amide bonds. The number of esters is 1. The summed E-state index contributed by atoms with van der Waals surface area (Å²) in [6.45, 7) is 6.93. The number of rotatable bonds is 3. The molecular weight excluding hydrogens is 174 g/mol. The average molecular weight is 189 g/mol. The Morgan fingerprint density at radius 1 is 1.54 bits per heavy atom. The first-order chi connectivity index (χ1) is 5.95. The van der Waals surface area contributed by atoms with Gasteiger partial charge in [0, 0.05) is 5.57 Å². The summed E-state index contributed by atoms with van der Waals surface area (Å²) < 4.78 is 4.56. The van der Waals surface area contributed by atoms with Crippen molar-refractivity contribution in [1.82, 2.24) is 0 Å². The highest BCUT2D eigenvalue weighted by Gasteiger charge is 1.98. The van der Waals surface area contributed by atoms with E-state index in [1.165, 1.54) is 0 Å². The first-order valence-corrected chi connectivity index (χ1v) is 3.70. The molecule has 3 N–H and O–H groups in total. The quantitative estimate of drug-likeness (QED) is 0.487. The third-order valence-electron chi connectivity index (χ3n) is 0.799. The van der Waals surface area contributed by atoms with Crippen molar-refractivity contribution in [2.75, 3.05) is 13.2 Å². The Labute approximate surface area is 77.2 Å². The summed E-state index contributed by atoms with van der Waals surface area (Å²) in [6, 6.07) is 0. The molecule has 0 rings (SSSR count). The van der Waals surface area contributed by atoms with E-state index in [4.69, 9.17) is 5.11 Å². The van der Waals surface area contributed by atoms with E-state index in [-0.39, 0.29) is 12.5 Å². The molecule has 0 aliphatic rings. The lowest BCUT2D eigenvalue weighted by molar-refractivity contribution is -0.138. The Morgan fingerprint density at radius 2 is 1.92 bits per heavy atom. The zero-order valence-corrected chi connectivity index (χ0v) is 7.87. The maximum atomic E-state index is 10.4. The maximum Gasteiger partial charge on any atom is 0.333 e. The van der Waals surface area contributed by atoms with Crippen LogP contribution in [0.25, 0.3) is 0 Å². The molecule has 0 unspecified atom stereocenters. The Morgan fingerprint density at radius 3 is 2.00 bits per heavy atom. The number of hydrogen-bond acceptors (Lipinski definition) is 4. The van der Waals surface area contributed by atoms with Crippen LogP contribution in [0, 0.1) is 0 Å². The highest BCUT2D eigenvalue weighted by molar-refractivity contribution is 5.86. The minimum atomic E-state index is -0.968. The molecule has 0 aliphatic heterocycles. The Bertz CT molecular complexity index is 189. The van der Waals surface area contributed by atoms with Gasteiger partial charge in [-0.3, -0.25) is 4.79 Å². The van der Waals surface area contributed by atoms with Crippen LogP contribution in [0.4, 0.5) is 0 Å². The number of carbonyl (C=O) groups excluding carboxylic acids is 1. The van der Waals surface area contributed by atoms with E-state index in [2.05, 4.69) is 17.0 Å². The molecular formula is C8H15NO4. The van der Waals surface area contributed by atoms with E-state index >= 15 is 0 Å². The molecule has 0 fully saturated rings. The molecule has 0 radical (unpaired) electrons. The lowest BCUT2D eigenvalue weighted by Crippen LogP contribution is -2.10. The van der Waals surface area contributed by atoms with Crippen LogP contribution < -0.4 is 5.73 Å². The zero-order valence-electron chi connectivity index (χ0n) is 7.87. The second-order valence-corrected chi connectivity index (χ2v) is 2.10. The molecule has 0 spiro atoms. The van der Waals surface area contributed by atoms with Gasteiger partial charge in [-0.1, -0.05) is 6.58 Å². The van der Waals surface area contributed by atoms with Crippen molar-refractivity contribution in [2.45, 2.75) is 13.8 Å². The van der Waals surface area contributed by atoms with Crippen LogP contribution in [0.15, 0.2) is 12.2 Å². The maximum absolute atomic E-state index is 10.4. The first kappa shape index (κ1) is 14.2. The normalized spacial score (nSPS) is 7.92. The van der Waals surface area contributed by atoms with Crippen LogP contribution in [0.5, 0.6) is 0 Å². The lowest BCUT2D eigenvalue weighted by atomic mass is 10.4. The highest BCUT2D eigenvalue weighted by atomic mass is 16.5. The van der Waals surface area contributed by atoms with Gasteiger partial charge in [0.15, 0.2) is 0 Å². The molecule has 0 saturated heterocycles. The number of ether oxygens (including phenoxy) is 1. The van der Waals surface area contributed by atoms with Crippen molar-refractivity contribution in [3.8, 4) is 0 Å². The van der Waals surface area contributed by atoms with Gasteiger partial charge in [0.25, 0.3) is 0 Å². The van der Waals surface area contributed by atoms with Crippen LogP contribution in [-0.4, -0.2) is 30.2 Å². The Hall–Kier alpha value is -1.36. The van der Waals surface area contributed by atoms with E-state index in [0.29, 0.717) is 12.2 Å². The van der Waals surface area contributed by atoms with E-state index < -0.39 is 5.97 Å². The molecule has 0 heterocycles. The second-order valence-electron chi connectivity index (χ2n) is 2.10. The Balaban J connectivity index is 0. The van der Waals surface area contributed by atoms with Gasteiger partial charge in [-0.25, -0.2) is 4.79 Å². The molecule has 0 aromatic rings. The van der Waals surface area contributed by atoms with Crippen molar-refractivity contribution in [2.24, 2.45) is 5.73 Å². The molecule has 0 aliphatic carbocycles. The first-order valence-electron chi connectivity index (χ1n) is 3.70. The Kier molecular flexibility index (Phi) is 9.53. The lowest BCUT2D eigenvalue weighted by Gasteiger charge is -1.96. The van der Waals surface area contributed by atoms with Gasteiger partial charge in [-0.2, -0.15) is 0 Å². The molecule has 0 atom stereocenters. The summed E-state index contributed by atoms with van der Waals surface area (Å²) in [6.07, 6.45) is 0. The van der Waals surface area contributed by atoms with Gasteiger partial charge < -0.3 is 15.6 Å². The van der Waals surface area contributed by atoms with Crippen molar-refractivity contribution in [3.05, 3.63) is 12.2 Å². The second kappa shape index (κ2) is 8.73. The topological polar surface area (TPSA) is 89.6 Å². The number of carboxylic acid groups (broad SMARTS) is 1. The molecule has 0 aromatic carbocycles. The fraction of sp³-hybridized carbons (Fsp3) is 0.500. The van der Waals surface area contributed by atoms with Gasteiger partial charge >= 0.3 is 11.9 Å². The smallest absolute Gasteiger partial charge is 0.333 e. The number of hydrogen-bond donors (Lipinski definition) is 2. The van der Waals surface area contributed by atoms with Gasteiger partial charge in [-0.05, 0) is 13.8 Å². The van der Waals surface area contributed by atoms with Crippen molar-refractivity contribution < 1.29 is 19.4 Å². The van der Waals surface area contributed by atoms with Crippen molar-refractivity contribution >= 4 is 11.9 Å². The number of nitrogens with two attached hydrogens (primary N) is 1. The third-order valence-corrected chi connectivity index (χ3v) is 0.799. The number of aliphatic carboxylic acids is 1. The monoisotopic (exact) mass is 189 g/mol. The number of carbonyl (C=O) groups is 2. The predicted octanol–water partition coefficient (Wildman–Crippen LogP) is 0.155. The SMILES string of the molecule is C=C(C)C(=O)OCC.NCC(=O)O. The molecule has 0 bridgehead atoms. The standard InChI is InChI=1S/C6H10O2.C2H5NO2/c1-4-8-6(7)5(2)3;3-1-2(4)5/h2,4H2,1,3H3;1,3H2,(H,4,5). The molecule has 0 saturated carbocycles. The van der Waals surface area contributed by atoms with Crippen LogP contribution in [0.3, 0.4) is 0 Å². The minimum Gasteiger partial charge on any atom is -0.480 e. The van der Waals surface area contributed by atoms with Gasteiger partial charge in [-0.15, -0.1) is 0 Å². The van der Waals surface area contributed by atoms with Crippen LogP contribution in [-0.2, 0) is 14.3 Å². The van der Waals surface area contributed by atoms with Gasteiger partial charge in [0.05, 0.1) is 13.2 Å². The average Bonchev–Trinajstić information content (AvgIpc) is 2.06. The molecule has 0 aromatic heterocycles. The summed E-state index contributed by atoms with van der Waals surface area (Å²) >= 11 is 0. The summed E-state index contributed by atoms with van der Waals surface area (Å²) in [7, 11) is 0. The summed E-state index contributed by atoms with van der Waals surface area (Å²) in [5, 5.41) is 7.60. The van der Waals surface area contributed by atoms with E-state index in [1.807, 2.05) is 0 Å².